The van der Waals surface area contributed by atoms with Crippen LogP contribution in [-0.2, 0) is 20.4 Å². The van der Waals surface area contributed by atoms with E-state index >= 15 is 0 Å². The van der Waals surface area contributed by atoms with Crippen molar-refractivity contribution in [2.45, 2.75) is 26.8 Å². The van der Waals surface area contributed by atoms with Gasteiger partial charge in [0.2, 0.25) is 6.41 Å². The maximum atomic E-state index is 12.9. The van der Waals surface area contributed by atoms with E-state index in [9.17, 15) is 14.2 Å². The normalized spacial score (nSPS) is 12.5. The summed E-state index contributed by atoms with van der Waals surface area (Å²) in [6.07, 6.45) is 2.02. The number of hydrogen-bond donors (Lipinski definition) is 3. The Morgan fingerprint density at radius 3 is 2.74 bits per heavy atom. The summed E-state index contributed by atoms with van der Waals surface area (Å²) in [7, 11) is -4.71. The van der Waals surface area contributed by atoms with Crippen molar-refractivity contribution in [1.82, 2.24) is 14.9 Å². The van der Waals surface area contributed by atoms with Crippen molar-refractivity contribution >= 4 is 47.9 Å². The van der Waals surface area contributed by atoms with Crippen molar-refractivity contribution in [2.24, 2.45) is 0 Å². The summed E-state index contributed by atoms with van der Waals surface area (Å²) >= 11 is 0.784. The fourth-order valence-corrected chi connectivity index (χ4v) is 4.23. The van der Waals surface area contributed by atoms with Crippen molar-refractivity contribution < 1.29 is 32.9 Å². The number of thioether (sulfide) groups is 1. The van der Waals surface area contributed by atoms with Gasteiger partial charge in [-0.2, -0.15) is 0 Å². The average Bonchev–Trinajstić information content (AvgIpc) is 3.21. The summed E-state index contributed by atoms with van der Waals surface area (Å²) in [6.45, 7) is 2.94. The standard InChI is InChI=1S/C21H23N4O7PS/c1-13(25(12-26)11-16-10-23-14(2)24-20(16)22)19(7-8-31-33(28,29)30)34-21(27)18-9-15-5-3-4-6-17(15)32-18/h3-6,9-10,12H,7-8,11H2,1-2H3,(H2,22,23,24)(H2,28,29,30). The van der Waals surface area contributed by atoms with E-state index < -0.39 is 12.9 Å². The molecule has 0 radical (unpaired) electrons. The molecule has 0 aliphatic heterocycles. The maximum absolute atomic E-state index is 12.9. The van der Waals surface area contributed by atoms with Crippen LogP contribution in [0, 0.1) is 6.92 Å². The first kappa shape index (κ1) is 25.6. The van der Waals surface area contributed by atoms with E-state index in [0.717, 1.165) is 17.1 Å². The number of aryl methyl sites for hydroxylation is 1. The van der Waals surface area contributed by atoms with Crippen LogP contribution in [0.1, 0.15) is 35.3 Å². The van der Waals surface area contributed by atoms with Gasteiger partial charge in [-0.1, -0.05) is 18.2 Å². The molecule has 1 amide bonds. The third-order valence-corrected chi connectivity index (χ3v) is 6.40. The van der Waals surface area contributed by atoms with Gasteiger partial charge in [-0.05, 0) is 37.7 Å². The molecule has 0 aliphatic carbocycles. The molecule has 1 aromatic carbocycles. The number of fused-ring (bicyclic) bond motifs is 1. The molecule has 0 unspecified atom stereocenters. The van der Waals surface area contributed by atoms with E-state index in [0.29, 0.717) is 34.0 Å². The first-order valence-corrected chi connectivity index (χ1v) is 12.3. The lowest BCUT2D eigenvalue weighted by Crippen LogP contribution is -2.22. The number of rotatable bonds is 10. The van der Waals surface area contributed by atoms with Crippen LogP contribution in [0.2, 0.25) is 0 Å². The van der Waals surface area contributed by atoms with Gasteiger partial charge in [0.25, 0.3) is 5.12 Å². The number of aromatic nitrogens is 2. The number of hydrogen-bond acceptors (Lipinski definition) is 9. The van der Waals surface area contributed by atoms with Crippen molar-refractivity contribution in [3.63, 3.8) is 0 Å². The number of furan rings is 1. The number of amides is 1. The zero-order valence-corrected chi connectivity index (χ0v) is 20.1. The molecular formula is C21H23N4O7PS. The molecule has 0 saturated heterocycles. The van der Waals surface area contributed by atoms with Crippen LogP contribution in [0.25, 0.3) is 11.0 Å². The van der Waals surface area contributed by atoms with Crippen molar-refractivity contribution in [2.75, 3.05) is 12.3 Å². The Hall–Kier alpha value is -3.02. The molecule has 3 aromatic rings. The Morgan fingerprint density at radius 1 is 1.35 bits per heavy atom. The fraction of sp³-hybridized carbons (Fsp3) is 0.238. The first-order chi connectivity index (χ1) is 16.1. The van der Waals surface area contributed by atoms with Crippen LogP contribution in [0.15, 0.2) is 51.5 Å². The molecule has 2 aromatic heterocycles. The smallest absolute Gasteiger partial charge is 0.452 e. The Bertz CT molecular complexity index is 1250. The van der Waals surface area contributed by atoms with E-state index in [1.165, 1.54) is 11.1 Å². The van der Waals surface area contributed by atoms with Crippen LogP contribution in [0.3, 0.4) is 0 Å². The van der Waals surface area contributed by atoms with Crippen molar-refractivity contribution in [3.8, 4) is 0 Å². The van der Waals surface area contributed by atoms with E-state index in [2.05, 4.69) is 14.5 Å². The third-order valence-electron chi connectivity index (χ3n) is 4.75. The molecule has 0 saturated carbocycles. The van der Waals surface area contributed by atoms with Crippen LogP contribution >= 0.6 is 19.6 Å². The Labute approximate surface area is 199 Å². The molecule has 0 fully saturated rings. The summed E-state index contributed by atoms with van der Waals surface area (Å²) in [5.74, 6) is 0.791. The van der Waals surface area contributed by atoms with Crippen LogP contribution in [0.4, 0.5) is 5.82 Å². The fourth-order valence-electron chi connectivity index (χ4n) is 3.02. The number of anilines is 1. The molecule has 0 atom stereocenters. The molecule has 0 spiro atoms. The zero-order valence-electron chi connectivity index (χ0n) is 18.4. The number of nitrogens with zero attached hydrogens (tertiary/aromatic N) is 3. The third kappa shape index (κ3) is 6.75. The number of phosphoric acid groups is 1. The highest BCUT2D eigenvalue weighted by Gasteiger charge is 2.21. The van der Waals surface area contributed by atoms with Crippen molar-refractivity contribution in [3.05, 3.63) is 64.3 Å². The number of allylic oxidation sites excluding steroid dienone is 1. The molecular weight excluding hydrogens is 483 g/mol. The molecule has 34 heavy (non-hydrogen) atoms. The molecule has 11 nitrogen and oxygen atoms in total. The number of benzene rings is 1. The second-order valence-electron chi connectivity index (χ2n) is 7.18. The van der Waals surface area contributed by atoms with E-state index in [-0.39, 0.29) is 31.2 Å². The number of nitrogens with two attached hydrogens (primary N) is 1. The summed E-state index contributed by atoms with van der Waals surface area (Å²) in [4.78, 5) is 52.7. The highest BCUT2D eigenvalue weighted by Crippen LogP contribution is 2.38. The van der Waals surface area contributed by atoms with Crippen LogP contribution < -0.4 is 5.73 Å². The van der Waals surface area contributed by atoms with Gasteiger partial charge >= 0.3 is 7.82 Å². The lowest BCUT2D eigenvalue weighted by atomic mass is 10.2. The number of carbonyl (C=O) groups is 2. The molecule has 0 aliphatic rings. The monoisotopic (exact) mass is 506 g/mol. The van der Waals surface area contributed by atoms with Gasteiger partial charge in [0.1, 0.15) is 17.2 Å². The predicted molar refractivity (Wildman–Crippen MR) is 126 cm³/mol. The number of nitrogen functional groups attached to an aromatic ring is 1. The van der Waals surface area contributed by atoms with Crippen molar-refractivity contribution in [1.29, 1.82) is 0 Å². The quantitative estimate of drug-likeness (QED) is 0.272. The van der Waals surface area contributed by atoms with Gasteiger partial charge in [0.15, 0.2) is 5.76 Å². The first-order valence-electron chi connectivity index (χ1n) is 9.98. The Kier molecular flexibility index (Phi) is 8.24. The SMILES string of the molecule is CC(=C(CCOP(=O)(O)O)SC(=O)c1cc2ccccc2o1)N(C=O)Cc1cnc(C)nc1N. The molecule has 180 valence electrons. The van der Waals surface area contributed by atoms with Gasteiger partial charge in [0.05, 0.1) is 13.2 Å². The van der Waals surface area contributed by atoms with E-state index in [4.69, 9.17) is 19.9 Å². The van der Waals surface area contributed by atoms with E-state index in [1.54, 1.807) is 38.1 Å². The Morgan fingerprint density at radius 2 is 2.09 bits per heavy atom. The number of para-hydroxylation sites is 1. The van der Waals surface area contributed by atoms with Crippen LogP contribution in [-0.4, -0.2) is 42.8 Å². The lowest BCUT2D eigenvalue weighted by molar-refractivity contribution is -0.116. The van der Waals surface area contributed by atoms with Gasteiger partial charge < -0.3 is 24.8 Å². The second-order valence-corrected chi connectivity index (χ2v) is 9.49. The molecule has 2 heterocycles. The topological polar surface area (TPSA) is 169 Å². The minimum absolute atomic E-state index is 0.0314. The van der Waals surface area contributed by atoms with Gasteiger partial charge in [-0.15, -0.1) is 0 Å². The summed E-state index contributed by atoms with van der Waals surface area (Å²) < 4.78 is 21.3. The molecule has 13 heteroatoms. The highest BCUT2D eigenvalue weighted by atomic mass is 32.2. The predicted octanol–water partition coefficient (Wildman–Crippen LogP) is 3.38. The van der Waals surface area contributed by atoms with E-state index in [1.807, 2.05) is 6.07 Å². The minimum atomic E-state index is -4.71. The summed E-state index contributed by atoms with van der Waals surface area (Å²) in [6, 6.07) is 8.74. The number of phosphoric ester groups is 1. The maximum Gasteiger partial charge on any atom is 0.469 e. The molecule has 3 rings (SSSR count). The summed E-state index contributed by atoms with van der Waals surface area (Å²) in [5.41, 5.74) is 7.35. The lowest BCUT2D eigenvalue weighted by Gasteiger charge is -2.22. The van der Waals surface area contributed by atoms with Gasteiger partial charge in [-0.25, -0.2) is 14.5 Å². The average molecular weight is 506 g/mol. The minimum Gasteiger partial charge on any atom is -0.452 e. The second kappa shape index (κ2) is 10.9. The van der Waals surface area contributed by atoms with Gasteiger partial charge in [0, 0.05) is 34.2 Å². The summed E-state index contributed by atoms with van der Waals surface area (Å²) in [5, 5.41) is 0.314. The molecule has 4 N–H and O–H groups in total. The molecule has 0 bridgehead atoms. The number of carbonyl (C=O) groups excluding carboxylic acids is 2. The van der Waals surface area contributed by atoms with Gasteiger partial charge in [-0.3, -0.25) is 14.1 Å². The Balaban J connectivity index is 1.88. The zero-order chi connectivity index (χ0) is 24.9. The largest absolute Gasteiger partial charge is 0.469 e. The highest BCUT2D eigenvalue weighted by molar-refractivity contribution is 8.17. The van der Waals surface area contributed by atoms with Crippen LogP contribution in [0.5, 0.6) is 0 Å².